The molecule has 3 rings (SSSR count). The molecule has 1 unspecified atom stereocenters. The van der Waals surface area contributed by atoms with Crippen LogP contribution in [-0.2, 0) is 17.6 Å². The number of hydrogen-bond donors (Lipinski definition) is 1. The number of halogens is 1. The van der Waals surface area contributed by atoms with E-state index in [1.165, 1.54) is 0 Å². The van der Waals surface area contributed by atoms with Crippen molar-refractivity contribution in [3.05, 3.63) is 64.7 Å². The van der Waals surface area contributed by atoms with Crippen molar-refractivity contribution in [1.82, 2.24) is 15.1 Å². The highest BCUT2D eigenvalue weighted by Gasteiger charge is 2.24. The fourth-order valence-corrected chi connectivity index (χ4v) is 3.68. The smallest absolute Gasteiger partial charge is 0.317 e. The summed E-state index contributed by atoms with van der Waals surface area (Å²) in [6.07, 6.45) is 1.07. The van der Waals surface area contributed by atoms with E-state index in [-0.39, 0.29) is 18.0 Å². The molecule has 1 aliphatic heterocycles. The molecule has 1 saturated heterocycles. The van der Waals surface area contributed by atoms with Gasteiger partial charge >= 0.3 is 6.03 Å². The van der Waals surface area contributed by atoms with Crippen molar-refractivity contribution < 1.29 is 14.3 Å². The first-order chi connectivity index (χ1) is 14.4. The maximum atomic E-state index is 12.6. The molecule has 0 aromatic heterocycles. The second-order valence-corrected chi connectivity index (χ2v) is 8.01. The van der Waals surface area contributed by atoms with Crippen LogP contribution in [0.3, 0.4) is 0 Å². The van der Waals surface area contributed by atoms with Gasteiger partial charge in [0.2, 0.25) is 5.91 Å². The Morgan fingerprint density at radius 3 is 2.37 bits per heavy atom. The molecule has 1 aliphatic rings. The molecule has 2 aromatic rings. The first-order valence-corrected chi connectivity index (χ1v) is 10.5. The first-order valence-electron chi connectivity index (χ1n) is 10.1. The molecule has 160 valence electrons. The maximum Gasteiger partial charge on any atom is 0.317 e. The molecular formula is C23H28ClN3O3. The van der Waals surface area contributed by atoms with Gasteiger partial charge < -0.3 is 19.9 Å². The Bertz CT molecular complexity index is 864. The molecule has 1 N–H and O–H groups in total. The van der Waals surface area contributed by atoms with Crippen LogP contribution in [0.15, 0.2) is 48.5 Å². The average molecular weight is 430 g/mol. The Labute approximate surface area is 182 Å². The third-order valence-corrected chi connectivity index (χ3v) is 5.49. The second-order valence-electron chi connectivity index (χ2n) is 7.58. The minimum atomic E-state index is -0.0878. The predicted molar refractivity (Wildman–Crippen MR) is 118 cm³/mol. The Morgan fingerprint density at radius 2 is 1.70 bits per heavy atom. The number of piperazine rings is 1. The summed E-state index contributed by atoms with van der Waals surface area (Å²) < 4.78 is 5.25. The molecule has 30 heavy (non-hydrogen) atoms. The standard InChI is InChI=1S/C23H28ClN3O3/c1-17(14-19-4-3-5-21(15-19)30-2)25-23(29)27-12-10-26(11-13-27)22(28)16-18-6-8-20(24)9-7-18/h3-9,15,17H,10-14,16H2,1-2H3,(H,25,29). The Hall–Kier alpha value is -2.73. The molecule has 1 heterocycles. The minimum absolute atomic E-state index is 0.00540. The third-order valence-electron chi connectivity index (χ3n) is 5.23. The van der Waals surface area contributed by atoms with Crippen molar-refractivity contribution in [3.8, 4) is 5.75 Å². The molecular weight excluding hydrogens is 402 g/mol. The van der Waals surface area contributed by atoms with Gasteiger partial charge in [-0.2, -0.15) is 0 Å². The molecule has 0 radical (unpaired) electrons. The van der Waals surface area contributed by atoms with Crippen LogP contribution in [0.5, 0.6) is 5.75 Å². The van der Waals surface area contributed by atoms with Crippen molar-refractivity contribution in [3.63, 3.8) is 0 Å². The molecule has 0 spiro atoms. The van der Waals surface area contributed by atoms with Crippen LogP contribution in [0.1, 0.15) is 18.1 Å². The van der Waals surface area contributed by atoms with Crippen molar-refractivity contribution in [2.24, 2.45) is 0 Å². The number of benzene rings is 2. The third kappa shape index (κ3) is 6.13. The number of ether oxygens (including phenoxy) is 1. The zero-order valence-corrected chi connectivity index (χ0v) is 18.2. The topological polar surface area (TPSA) is 61.9 Å². The number of rotatable bonds is 6. The quantitative estimate of drug-likeness (QED) is 0.765. The summed E-state index contributed by atoms with van der Waals surface area (Å²) in [7, 11) is 1.64. The molecule has 1 fully saturated rings. The first kappa shape index (κ1) is 22.0. The number of urea groups is 1. The Kier molecular flexibility index (Phi) is 7.57. The summed E-state index contributed by atoms with van der Waals surface area (Å²) in [5.41, 5.74) is 2.05. The number of nitrogens with one attached hydrogen (secondary N) is 1. The minimum Gasteiger partial charge on any atom is -0.497 e. The van der Waals surface area contributed by atoms with Gasteiger partial charge in [-0.15, -0.1) is 0 Å². The van der Waals surface area contributed by atoms with Crippen LogP contribution in [0, 0.1) is 0 Å². The largest absolute Gasteiger partial charge is 0.497 e. The zero-order valence-electron chi connectivity index (χ0n) is 17.4. The van der Waals surface area contributed by atoms with Crippen molar-refractivity contribution >= 4 is 23.5 Å². The number of hydrogen-bond acceptors (Lipinski definition) is 3. The lowest BCUT2D eigenvalue weighted by molar-refractivity contribution is -0.131. The van der Waals surface area contributed by atoms with Gasteiger partial charge in [0.1, 0.15) is 5.75 Å². The summed E-state index contributed by atoms with van der Waals surface area (Å²) >= 11 is 5.89. The lowest BCUT2D eigenvalue weighted by Crippen LogP contribution is -2.54. The average Bonchev–Trinajstić information content (AvgIpc) is 2.75. The number of nitrogens with zero attached hydrogens (tertiary/aromatic N) is 2. The van der Waals surface area contributed by atoms with E-state index < -0.39 is 0 Å². The molecule has 3 amide bonds. The molecule has 0 bridgehead atoms. The van der Waals surface area contributed by atoms with E-state index in [2.05, 4.69) is 5.32 Å². The molecule has 0 saturated carbocycles. The Morgan fingerprint density at radius 1 is 1.03 bits per heavy atom. The van der Waals surface area contributed by atoms with Gasteiger partial charge in [-0.3, -0.25) is 4.79 Å². The maximum absolute atomic E-state index is 12.6. The summed E-state index contributed by atoms with van der Waals surface area (Å²) in [6.45, 7) is 4.14. The number of amides is 3. The van der Waals surface area contributed by atoms with Crippen molar-refractivity contribution in [2.45, 2.75) is 25.8 Å². The summed E-state index contributed by atoms with van der Waals surface area (Å²) in [5, 5.41) is 3.71. The fraction of sp³-hybridized carbons (Fsp3) is 0.391. The number of carbonyl (C=O) groups is 2. The van der Waals surface area contributed by atoms with Gasteiger partial charge in [0.15, 0.2) is 0 Å². The van der Waals surface area contributed by atoms with E-state index >= 15 is 0 Å². The summed E-state index contributed by atoms with van der Waals surface area (Å²) in [5.74, 6) is 0.884. The lowest BCUT2D eigenvalue weighted by atomic mass is 10.1. The zero-order chi connectivity index (χ0) is 21.5. The highest BCUT2D eigenvalue weighted by molar-refractivity contribution is 6.30. The van der Waals surface area contributed by atoms with E-state index in [4.69, 9.17) is 16.3 Å². The lowest BCUT2D eigenvalue weighted by Gasteiger charge is -2.35. The van der Waals surface area contributed by atoms with Crippen LogP contribution in [0.25, 0.3) is 0 Å². The van der Waals surface area contributed by atoms with Gasteiger partial charge in [-0.05, 0) is 48.7 Å². The van der Waals surface area contributed by atoms with Crippen LogP contribution >= 0.6 is 11.6 Å². The van der Waals surface area contributed by atoms with Gasteiger partial charge in [0.05, 0.1) is 13.5 Å². The van der Waals surface area contributed by atoms with Crippen LogP contribution in [0.4, 0.5) is 4.79 Å². The van der Waals surface area contributed by atoms with Crippen molar-refractivity contribution in [1.29, 1.82) is 0 Å². The van der Waals surface area contributed by atoms with E-state index in [1.54, 1.807) is 24.1 Å². The monoisotopic (exact) mass is 429 g/mol. The van der Waals surface area contributed by atoms with E-state index in [0.717, 1.165) is 23.3 Å². The highest BCUT2D eigenvalue weighted by atomic mass is 35.5. The molecule has 0 aliphatic carbocycles. The summed E-state index contributed by atoms with van der Waals surface area (Å²) in [4.78, 5) is 28.7. The molecule has 2 aromatic carbocycles. The predicted octanol–water partition coefficient (Wildman–Crippen LogP) is 3.38. The van der Waals surface area contributed by atoms with E-state index in [9.17, 15) is 9.59 Å². The van der Waals surface area contributed by atoms with Crippen molar-refractivity contribution in [2.75, 3.05) is 33.3 Å². The van der Waals surface area contributed by atoms with E-state index in [1.807, 2.05) is 48.2 Å². The Balaban J connectivity index is 1.44. The SMILES string of the molecule is COc1cccc(CC(C)NC(=O)N2CCN(C(=O)Cc3ccc(Cl)cc3)CC2)c1. The second kappa shape index (κ2) is 10.3. The normalized spacial score (nSPS) is 14.9. The van der Waals surface area contributed by atoms with Gasteiger partial charge in [-0.25, -0.2) is 4.79 Å². The van der Waals surface area contributed by atoms with Crippen LogP contribution in [-0.4, -0.2) is 61.1 Å². The van der Waals surface area contributed by atoms with E-state index in [0.29, 0.717) is 37.6 Å². The molecule has 1 atom stereocenters. The molecule has 6 nitrogen and oxygen atoms in total. The van der Waals surface area contributed by atoms with Gasteiger partial charge in [-0.1, -0.05) is 35.9 Å². The number of methoxy groups -OCH3 is 1. The number of carbonyl (C=O) groups excluding carboxylic acids is 2. The fourth-order valence-electron chi connectivity index (χ4n) is 3.55. The molecule has 7 heteroatoms. The summed E-state index contributed by atoms with van der Waals surface area (Å²) in [6, 6.07) is 15.1. The highest BCUT2D eigenvalue weighted by Crippen LogP contribution is 2.15. The van der Waals surface area contributed by atoms with Gasteiger partial charge in [0, 0.05) is 37.2 Å². The van der Waals surface area contributed by atoms with Gasteiger partial charge in [0.25, 0.3) is 0 Å². The van der Waals surface area contributed by atoms with Crippen LogP contribution in [0.2, 0.25) is 5.02 Å². The van der Waals surface area contributed by atoms with Crippen LogP contribution < -0.4 is 10.1 Å².